The van der Waals surface area contributed by atoms with Crippen LogP contribution in [0.4, 0.5) is 16.1 Å². The van der Waals surface area contributed by atoms with Gasteiger partial charge in [-0.05, 0) is 25.8 Å². The summed E-state index contributed by atoms with van der Waals surface area (Å²) in [7, 11) is 0. The molecule has 0 saturated carbocycles. The first-order chi connectivity index (χ1) is 11.7. The van der Waals surface area contributed by atoms with Crippen LogP contribution in [0.25, 0.3) is 10.2 Å². The zero-order valence-corrected chi connectivity index (χ0v) is 14.7. The fraction of sp³-hybridized carbons (Fsp3) is 0.400. The summed E-state index contributed by atoms with van der Waals surface area (Å²) < 4.78 is 0.999. The number of nitrogens with zero attached hydrogens (tertiary/aromatic N) is 6. The van der Waals surface area contributed by atoms with Gasteiger partial charge in [0.05, 0.1) is 22.2 Å². The maximum atomic E-state index is 9.18. The molecule has 1 aliphatic heterocycles. The van der Waals surface area contributed by atoms with E-state index in [-0.39, 0.29) is 5.92 Å². The Morgan fingerprint density at radius 2 is 2.29 bits per heavy atom. The molecule has 1 fully saturated rings. The molecular formula is C15H15N7S2. The van der Waals surface area contributed by atoms with Gasteiger partial charge in [0.1, 0.15) is 5.01 Å². The summed E-state index contributed by atoms with van der Waals surface area (Å²) in [5.74, 6) is 0.840. The number of fused-ring (bicyclic) bond motifs is 1. The molecule has 122 valence electrons. The molecule has 3 aromatic rings. The predicted molar refractivity (Wildman–Crippen MR) is 95.9 cm³/mol. The summed E-state index contributed by atoms with van der Waals surface area (Å²) in [4.78, 5) is 11.4. The van der Waals surface area contributed by atoms with E-state index in [1.165, 1.54) is 11.3 Å². The van der Waals surface area contributed by atoms with Crippen LogP contribution in [0.1, 0.15) is 17.8 Å². The molecule has 0 aliphatic carbocycles. The smallest absolute Gasteiger partial charge is 0.211 e. The molecule has 0 bridgehead atoms. The molecule has 7 nitrogen and oxygen atoms in total. The summed E-state index contributed by atoms with van der Waals surface area (Å²) in [5, 5.41) is 23.1. The maximum absolute atomic E-state index is 9.18. The van der Waals surface area contributed by atoms with Crippen LogP contribution in [0.3, 0.4) is 0 Å². The number of anilines is 3. The lowest BCUT2D eigenvalue weighted by Gasteiger charge is -2.28. The number of pyridine rings is 1. The highest BCUT2D eigenvalue weighted by atomic mass is 32.1. The lowest BCUT2D eigenvalue weighted by molar-refractivity contribution is 0.493. The first kappa shape index (κ1) is 15.2. The predicted octanol–water partition coefficient (Wildman–Crippen LogP) is 3.33. The van der Waals surface area contributed by atoms with Gasteiger partial charge in [-0.1, -0.05) is 22.7 Å². The van der Waals surface area contributed by atoms with Crippen LogP contribution in [0.2, 0.25) is 0 Å². The minimum atomic E-state index is 0.0888. The van der Waals surface area contributed by atoms with Crippen molar-refractivity contribution >= 4 is 49.0 Å². The minimum absolute atomic E-state index is 0.0888. The van der Waals surface area contributed by atoms with Gasteiger partial charge in [-0.25, -0.2) is 9.97 Å². The second-order valence-corrected chi connectivity index (χ2v) is 7.83. The summed E-state index contributed by atoms with van der Waals surface area (Å²) in [6, 6.07) is 4.29. The molecule has 1 atom stereocenters. The van der Waals surface area contributed by atoms with E-state index in [4.69, 9.17) is 4.98 Å². The first-order valence-corrected chi connectivity index (χ1v) is 9.33. The molecule has 3 aromatic heterocycles. The van der Waals surface area contributed by atoms with E-state index in [1.807, 2.05) is 13.0 Å². The summed E-state index contributed by atoms with van der Waals surface area (Å²) in [5.41, 5.74) is 0.910. The quantitative estimate of drug-likeness (QED) is 0.768. The average Bonchev–Trinajstić information content (AvgIpc) is 3.22. The zero-order valence-electron chi connectivity index (χ0n) is 13.1. The fourth-order valence-electron chi connectivity index (χ4n) is 2.77. The van der Waals surface area contributed by atoms with E-state index in [0.29, 0.717) is 0 Å². The number of piperidine rings is 1. The third-order valence-corrected chi connectivity index (χ3v) is 5.81. The van der Waals surface area contributed by atoms with E-state index < -0.39 is 0 Å². The van der Waals surface area contributed by atoms with Crippen LogP contribution < -0.4 is 10.2 Å². The molecule has 1 unspecified atom stereocenters. The SMILES string of the molecule is Cc1nnc(Nc2nccc3nc(N4CCCC(C#N)C4)sc23)s1. The number of thiazole rings is 1. The van der Waals surface area contributed by atoms with Crippen LogP contribution in [0, 0.1) is 24.2 Å². The lowest BCUT2D eigenvalue weighted by atomic mass is 10.0. The normalized spacial score (nSPS) is 17.8. The van der Waals surface area contributed by atoms with Crippen molar-refractivity contribution < 1.29 is 0 Å². The molecule has 0 spiro atoms. The molecule has 9 heteroatoms. The Kier molecular flexibility index (Phi) is 4.00. The number of aromatic nitrogens is 4. The number of hydrogen-bond acceptors (Lipinski definition) is 9. The summed E-state index contributed by atoms with van der Waals surface area (Å²) in [6.07, 6.45) is 3.75. The topological polar surface area (TPSA) is 90.6 Å². The van der Waals surface area contributed by atoms with Crippen molar-refractivity contribution in [2.45, 2.75) is 19.8 Å². The third kappa shape index (κ3) is 2.90. The minimum Gasteiger partial charge on any atom is -0.347 e. The Morgan fingerprint density at radius 3 is 3.08 bits per heavy atom. The van der Waals surface area contributed by atoms with Crippen molar-refractivity contribution in [1.82, 2.24) is 20.2 Å². The molecular weight excluding hydrogens is 342 g/mol. The standard InChI is InChI=1S/C15H15N7S2/c1-9-20-21-14(23-9)19-13-12-11(4-5-17-13)18-15(24-12)22-6-2-3-10(7-16)8-22/h4-5,10H,2-3,6,8H2,1H3,(H,17,19,21). The van der Waals surface area contributed by atoms with E-state index in [9.17, 15) is 5.26 Å². The Morgan fingerprint density at radius 1 is 1.38 bits per heavy atom. The van der Waals surface area contributed by atoms with Crippen molar-refractivity contribution in [3.63, 3.8) is 0 Å². The average molecular weight is 357 g/mol. The highest BCUT2D eigenvalue weighted by molar-refractivity contribution is 7.22. The maximum Gasteiger partial charge on any atom is 0.211 e. The molecule has 4 heterocycles. The van der Waals surface area contributed by atoms with Gasteiger partial charge < -0.3 is 10.2 Å². The van der Waals surface area contributed by atoms with Gasteiger partial charge in [0.2, 0.25) is 5.13 Å². The number of rotatable bonds is 3. The number of hydrogen-bond donors (Lipinski definition) is 1. The van der Waals surface area contributed by atoms with E-state index >= 15 is 0 Å². The Hall–Kier alpha value is -2.31. The highest BCUT2D eigenvalue weighted by Crippen LogP contribution is 2.35. The van der Waals surface area contributed by atoms with Gasteiger partial charge in [-0.3, -0.25) is 0 Å². The van der Waals surface area contributed by atoms with Crippen molar-refractivity contribution in [2.24, 2.45) is 5.92 Å². The van der Waals surface area contributed by atoms with Crippen LogP contribution in [-0.4, -0.2) is 33.3 Å². The van der Waals surface area contributed by atoms with Gasteiger partial charge >= 0.3 is 0 Å². The van der Waals surface area contributed by atoms with Crippen LogP contribution in [-0.2, 0) is 0 Å². The largest absolute Gasteiger partial charge is 0.347 e. The van der Waals surface area contributed by atoms with Crippen molar-refractivity contribution in [3.8, 4) is 6.07 Å². The van der Waals surface area contributed by atoms with E-state index in [2.05, 4.69) is 31.5 Å². The number of nitrogens with one attached hydrogen (secondary N) is 1. The molecule has 0 aromatic carbocycles. The van der Waals surface area contributed by atoms with Crippen molar-refractivity contribution in [3.05, 3.63) is 17.3 Å². The van der Waals surface area contributed by atoms with Gasteiger partial charge in [0.25, 0.3) is 0 Å². The van der Waals surface area contributed by atoms with Gasteiger partial charge in [0, 0.05) is 19.3 Å². The number of aryl methyl sites for hydroxylation is 1. The molecule has 0 amide bonds. The lowest BCUT2D eigenvalue weighted by Crippen LogP contribution is -2.34. The Labute approximate surface area is 147 Å². The first-order valence-electron chi connectivity index (χ1n) is 7.70. The summed E-state index contributed by atoms with van der Waals surface area (Å²) in [6.45, 7) is 3.62. The third-order valence-electron chi connectivity index (χ3n) is 3.92. The number of nitriles is 1. The second kappa shape index (κ2) is 6.30. The van der Waals surface area contributed by atoms with Gasteiger partial charge in [-0.15, -0.1) is 10.2 Å². The molecule has 1 N–H and O–H groups in total. The van der Waals surface area contributed by atoms with Crippen LogP contribution in [0.15, 0.2) is 12.3 Å². The van der Waals surface area contributed by atoms with Crippen molar-refractivity contribution in [1.29, 1.82) is 5.26 Å². The monoisotopic (exact) mass is 357 g/mol. The molecule has 24 heavy (non-hydrogen) atoms. The molecule has 4 rings (SSSR count). The van der Waals surface area contributed by atoms with Crippen LogP contribution >= 0.6 is 22.7 Å². The second-order valence-electron chi connectivity index (χ2n) is 5.67. The van der Waals surface area contributed by atoms with Crippen LogP contribution in [0.5, 0.6) is 0 Å². The van der Waals surface area contributed by atoms with E-state index in [0.717, 1.165) is 57.2 Å². The summed E-state index contributed by atoms with van der Waals surface area (Å²) >= 11 is 3.10. The van der Waals surface area contributed by atoms with Crippen molar-refractivity contribution in [2.75, 3.05) is 23.3 Å². The highest BCUT2D eigenvalue weighted by Gasteiger charge is 2.23. The molecule has 1 saturated heterocycles. The molecule has 0 radical (unpaired) electrons. The fourth-order valence-corrected chi connectivity index (χ4v) is 4.40. The van der Waals surface area contributed by atoms with Gasteiger partial charge in [-0.2, -0.15) is 5.26 Å². The van der Waals surface area contributed by atoms with Gasteiger partial charge in [0.15, 0.2) is 10.9 Å². The Bertz CT molecular complexity index is 910. The Balaban J connectivity index is 1.65. The molecule has 1 aliphatic rings. The zero-order chi connectivity index (χ0) is 16.5. The van der Waals surface area contributed by atoms with E-state index in [1.54, 1.807) is 17.5 Å².